The molecule has 0 radical (unpaired) electrons. The van der Waals surface area contributed by atoms with Gasteiger partial charge < -0.3 is 20.1 Å². The molecule has 7 nitrogen and oxygen atoms in total. The highest BCUT2D eigenvalue weighted by Gasteiger charge is 2.28. The molecule has 7 heteroatoms. The first kappa shape index (κ1) is 22.8. The number of guanidine groups is 1. The molecule has 174 valence electrons. The van der Waals surface area contributed by atoms with Crippen molar-refractivity contribution >= 4 is 5.96 Å². The van der Waals surface area contributed by atoms with Crippen LogP contribution in [0.2, 0.25) is 0 Å². The number of nitrogens with zero attached hydrogens (tertiary/aromatic N) is 5. The molecule has 1 saturated heterocycles. The summed E-state index contributed by atoms with van der Waals surface area (Å²) >= 11 is 0. The third kappa shape index (κ3) is 6.09. The minimum absolute atomic E-state index is 0.471. The van der Waals surface area contributed by atoms with Crippen LogP contribution in [0, 0.1) is 12.8 Å². The van der Waals surface area contributed by atoms with E-state index in [1.165, 1.54) is 57.2 Å². The first-order chi connectivity index (χ1) is 15.6. The summed E-state index contributed by atoms with van der Waals surface area (Å²) in [5.41, 5.74) is 1.21. The average Bonchev–Trinajstić information content (AvgIpc) is 3.15. The van der Waals surface area contributed by atoms with Crippen LogP contribution in [0.3, 0.4) is 0 Å². The molecule has 1 aliphatic carbocycles. The predicted octanol–water partition coefficient (Wildman–Crippen LogP) is 3.40. The van der Waals surface area contributed by atoms with Gasteiger partial charge in [-0.3, -0.25) is 0 Å². The highest BCUT2D eigenvalue weighted by atomic mass is 15.3. The van der Waals surface area contributed by atoms with Crippen LogP contribution in [-0.2, 0) is 20.1 Å². The monoisotopic (exact) mass is 437 g/mol. The first-order valence-corrected chi connectivity index (χ1v) is 12.3. The molecule has 2 heterocycles. The standard InChI is InChI=1S/C25H39N7/c1-19-13-15-32(16-14-19)23-11-9-22(10-12-23)28-25(26-17-21-7-5-4-6-8-21)27-18-24-30-29-20(2)31(24)3/h4-8,19,22-23H,9-18H2,1-3H3,(H2,26,27,28). The average molecular weight is 438 g/mol. The fourth-order valence-corrected chi connectivity index (χ4v) is 4.85. The second-order valence-corrected chi connectivity index (χ2v) is 9.59. The van der Waals surface area contributed by atoms with Crippen LogP contribution in [-0.4, -0.2) is 50.8 Å². The van der Waals surface area contributed by atoms with Crippen LogP contribution in [0.4, 0.5) is 0 Å². The fraction of sp³-hybridized carbons (Fsp3) is 0.640. The van der Waals surface area contributed by atoms with Gasteiger partial charge in [0, 0.05) is 19.1 Å². The van der Waals surface area contributed by atoms with E-state index in [1.807, 2.05) is 24.6 Å². The van der Waals surface area contributed by atoms with E-state index in [0.717, 1.165) is 29.6 Å². The highest BCUT2D eigenvalue weighted by molar-refractivity contribution is 5.80. The Kier molecular flexibility index (Phi) is 7.79. The Balaban J connectivity index is 1.34. The number of rotatable bonds is 6. The quantitative estimate of drug-likeness (QED) is 0.535. The van der Waals surface area contributed by atoms with E-state index in [2.05, 4.69) is 56.9 Å². The molecule has 4 rings (SSSR count). The first-order valence-electron chi connectivity index (χ1n) is 12.3. The third-order valence-electron chi connectivity index (χ3n) is 7.23. The van der Waals surface area contributed by atoms with Gasteiger partial charge in [-0.05, 0) is 70.0 Å². The Morgan fingerprint density at radius 2 is 1.75 bits per heavy atom. The van der Waals surface area contributed by atoms with Crippen molar-refractivity contribution in [3.05, 3.63) is 47.5 Å². The Hall–Kier alpha value is -2.41. The molecule has 1 aliphatic heterocycles. The number of hydrogen-bond donors (Lipinski definition) is 2. The second kappa shape index (κ2) is 10.9. The summed E-state index contributed by atoms with van der Waals surface area (Å²) in [6.45, 7) is 8.21. The molecule has 2 aromatic rings. The van der Waals surface area contributed by atoms with Crippen molar-refractivity contribution in [2.24, 2.45) is 18.0 Å². The van der Waals surface area contributed by atoms with Gasteiger partial charge in [-0.1, -0.05) is 37.3 Å². The van der Waals surface area contributed by atoms with Crippen LogP contribution in [0.1, 0.15) is 62.7 Å². The molecule has 32 heavy (non-hydrogen) atoms. The summed E-state index contributed by atoms with van der Waals surface area (Å²) in [4.78, 5) is 7.63. The molecule has 0 atom stereocenters. The summed E-state index contributed by atoms with van der Waals surface area (Å²) in [6.07, 6.45) is 7.68. The van der Waals surface area contributed by atoms with Crippen molar-refractivity contribution in [2.75, 3.05) is 13.1 Å². The zero-order chi connectivity index (χ0) is 22.3. The van der Waals surface area contributed by atoms with Crippen molar-refractivity contribution in [3.8, 4) is 0 Å². The van der Waals surface area contributed by atoms with E-state index in [9.17, 15) is 0 Å². The zero-order valence-corrected chi connectivity index (χ0v) is 19.9. The Morgan fingerprint density at radius 1 is 1.03 bits per heavy atom. The maximum Gasteiger partial charge on any atom is 0.192 e. The van der Waals surface area contributed by atoms with E-state index in [4.69, 9.17) is 4.99 Å². The van der Waals surface area contributed by atoms with E-state index in [0.29, 0.717) is 19.1 Å². The van der Waals surface area contributed by atoms with Crippen molar-refractivity contribution in [1.82, 2.24) is 30.3 Å². The SMILES string of the molecule is Cc1nnc(CNC(=NCc2ccccc2)NC2CCC(N3CCC(C)CC3)CC2)n1C. The number of nitrogens with one attached hydrogen (secondary N) is 2. The molecule has 1 saturated carbocycles. The summed E-state index contributed by atoms with van der Waals surface area (Å²) in [5.74, 6) is 3.60. The number of piperidine rings is 1. The van der Waals surface area contributed by atoms with Crippen molar-refractivity contribution in [2.45, 2.75) is 77.5 Å². The Morgan fingerprint density at radius 3 is 2.41 bits per heavy atom. The summed E-state index contributed by atoms with van der Waals surface area (Å²) in [7, 11) is 2.00. The van der Waals surface area contributed by atoms with Crippen LogP contribution in [0.25, 0.3) is 0 Å². The summed E-state index contributed by atoms with van der Waals surface area (Å²) in [6, 6.07) is 11.7. The third-order valence-corrected chi connectivity index (χ3v) is 7.23. The lowest BCUT2D eigenvalue weighted by Crippen LogP contribution is -2.48. The predicted molar refractivity (Wildman–Crippen MR) is 129 cm³/mol. The van der Waals surface area contributed by atoms with E-state index < -0.39 is 0 Å². The van der Waals surface area contributed by atoms with E-state index in [-0.39, 0.29) is 0 Å². The van der Waals surface area contributed by atoms with Crippen molar-refractivity contribution in [3.63, 3.8) is 0 Å². The lowest BCUT2D eigenvalue weighted by molar-refractivity contribution is 0.105. The molecule has 0 spiro atoms. The van der Waals surface area contributed by atoms with Crippen LogP contribution >= 0.6 is 0 Å². The Bertz CT molecular complexity index is 860. The van der Waals surface area contributed by atoms with Crippen LogP contribution in [0.5, 0.6) is 0 Å². The molecule has 1 aromatic heterocycles. The fourth-order valence-electron chi connectivity index (χ4n) is 4.85. The van der Waals surface area contributed by atoms with E-state index >= 15 is 0 Å². The number of hydrogen-bond acceptors (Lipinski definition) is 4. The molecule has 1 aromatic carbocycles. The van der Waals surface area contributed by atoms with Gasteiger partial charge in [0.2, 0.25) is 0 Å². The van der Waals surface area contributed by atoms with Gasteiger partial charge in [0.15, 0.2) is 11.8 Å². The smallest absolute Gasteiger partial charge is 0.192 e. The number of benzene rings is 1. The van der Waals surface area contributed by atoms with Gasteiger partial charge in [-0.15, -0.1) is 10.2 Å². The molecule has 2 N–H and O–H groups in total. The minimum atomic E-state index is 0.471. The molecule has 0 bridgehead atoms. The second-order valence-electron chi connectivity index (χ2n) is 9.59. The molecular formula is C25H39N7. The van der Waals surface area contributed by atoms with Gasteiger partial charge in [0.05, 0.1) is 13.1 Å². The van der Waals surface area contributed by atoms with Crippen LogP contribution < -0.4 is 10.6 Å². The maximum atomic E-state index is 4.88. The van der Waals surface area contributed by atoms with Gasteiger partial charge >= 0.3 is 0 Å². The lowest BCUT2D eigenvalue weighted by Gasteiger charge is -2.40. The minimum Gasteiger partial charge on any atom is -0.354 e. The number of likely N-dealkylation sites (tertiary alicyclic amines) is 1. The van der Waals surface area contributed by atoms with Crippen molar-refractivity contribution < 1.29 is 0 Å². The summed E-state index contributed by atoms with van der Waals surface area (Å²) in [5, 5.41) is 15.7. The lowest BCUT2D eigenvalue weighted by atomic mass is 9.88. The molecular weight excluding hydrogens is 398 g/mol. The largest absolute Gasteiger partial charge is 0.354 e. The Labute approximate surface area is 192 Å². The topological polar surface area (TPSA) is 70.4 Å². The number of aryl methyl sites for hydroxylation is 1. The number of aromatic nitrogens is 3. The zero-order valence-electron chi connectivity index (χ0n) is 19.9. The molecule has 2 fully saturated rings. The highest BCUT2D eigenvalue weighted by Crippen LogP contribution is 2.27. The van der Waals surface area contributed by atoms with Crippen LogP contribution in [0.15, 0.2) is 35.3 Å². The van der Waals surface area contributed by atoms with Gasteiger partial charge in [0.1, 0.15) is 5.82 Å². The normalized spacial score (nSPS) is 23.3. The van der Waals surface area contributed by atoms with Gasteiger partial charge in [0.25, 0.3) is 0 Å². The summed E-state index contributed by atoms with van der Waals surface area (Å²) < 4.78 is 2.02. The number of aliphatic imine (C=N–C) groups is 1. The maximum absolute atomic E-state index is 4.88. The molecule has 0 unspecified atom stereocenters. The molecule has 0 amide bonds. The van der Waals surface area contributed by atoms with Gasteiger partial charge in [-0.2, -0.15) is 0 Å². The van der Waals surface area contributed by atoms with E-state index in [1.54, 1.807) is 0 Å². The molecule has 2 aliphatic rings. The van der Waals surface area contributed by atoms with Crippen molar-refractivity contribution in [1.29, 1.82) is 0 Å². The van der Waals surface area contributed by atoms with Gasteiger partial charge in [-0.25, -0.2) is 4.99 Å².